The van der Waals surface area contributed by atoms with Gasteiger partial charge < -0.3 is 4.43 Å². The molecule has 0 bridgehead atoms. The Balaban J connectivity index is 2.92. The first-order chi connectivity index (χ1) is 9.35. The van der Waals surface area contributed by atoms with E-state index in [9.17, 15) is 4.79 Å². The molecule has 0 spiro atoms. The minimum absolute atomic E-state index is 0.0940. The topological polar surface area (TPSA) is 26.3 Å². The van der Waals surface area contributed by atoms with E-state index in [4.69, 9.17) is 4.43 Å². The molecular formula is C18H34O2Si. The first-order valence-electron chi connectivity index (χ1n) is 8.15. The van der Waals surface area contributed by atoms with Gasteiger partial charge in [0.25, 0.3) is 0 Å². The van der Waals surface area contributed by atoms with Gasteiger partial charge in [0.1, 0.15) is 5.78 Å². The van der Waals surface area contributed by atoms with Gasteiger partial charge in [-0.05, 0) is 30.0 Å². The Kier molecular flexibility index (Phi) is 5.32. The number of hydrogen-bond acceptors (Lipinski definition) is 2. The third-order valence-electron chi connectivity index (χ3n) is 5.68. The van der Waals surface area contributed by atoms with E-state index in [1.165, 1.54) is 0 Å². The zero-order valence-corrected chi connectivity index (χ0v) is 16.2. The summed E-state index contributed by atoms with van der Waals surface area (Å²) in [6.07, 6.45) is 2.62. The van der Waals surface area contributed by atoms with Crippen molar-refractivity contribution in [1.29, 1.82) is 0 Å². The molecule has 2 nitrogen and oxygen atoms in total. The van der Waals surface area contributed by atoms with E-state index in [2.05, 4.69) is 61.2 Å². The van der Waals surface area contributed by atoms with Crippen LogP contribution in [0.25, 0.3) is 0 Å². The van der Waals surface area contributed by atoms with Gasteiger partial charge in [-0.15, -0.1) is 6.58 Å². The fourth-order valence-corrected chi connectivity index (χ4v) is 4.32. The molecule has 0 saturated heterocycles. The average Bonchev–Trinajstić information content (AvgIpc) is 2.56. The van der Waals surface area contributed by atoms with Crippen molar-refractivity contribution in [3.63, 3.8) is 0 Å². The number of Topliss-reactive ketones (excluding diaryl/α,β-unsaturated/α-hetero) is 1. The lowest BCUT2D eigenvalue weighted by Crippen LogP contribution is -2.44. The third kappa shape index (κ3) is 3.68. The largest absolute Gasteiger partial charge is 0.416 e. The molecule has 0 heterocycles. The van der Waals surface area contributed by atoms with Gasteiger partial charge in [-0.25, -0.2) is 0 Å². The van der Waals surface area contributed by atoms with Gasteiger partial charge in [0.2, 0.25) is 0 Å². The minimum Gasteiger partial charge on any atom is -0.416 e. The summed E-state index contributed by atoms with van der Waals surface area (Å²) >= 11 is 0. The van der Waals surface area contributed by atoms with Crippen LogP contribution in [-0.2, 0) is 9.22 Å². The Bertz CT molecular complexity index is 406. The summed E-state index contributed by atoms with van der Waals surface area (Å²) in [5, 5.41) is 0.201. The number of allylic oxidation sites excluding steroid dienone is 1. The number of carbonyl (C=O) groups excluding carboxylic acids is 1. The highest BCUT2D eigenvalue weighted by Gasteiger charge is 2.51. The van der Waals surface area contributed by atoms with Crippen molar-refractivity contribution in [1.82, 2.24) is 0 Å². The second-order valence-electron chi connectivity index (χ2n) is 8.88. The molecule has 0 N–H and O–H groups in total. The van der Waals surface area contributed by atoms with Crippen molar-refractivity contribution in [3.8, 4) is 0 Å². The number of rotatable bonds is 5. The normalized spacial score (nSPS) is 31.0. The molecular weight excluding hydrogens is 276 g/mol. The Morgan fingerprint density at radius 2 is 1.95 bits per heavy atom. The van der Waals surface area contributed by atoms with Gasteiger partial charge in [-0.2, -0.15) is 0 Å². The fraction of sp³-hybridized carbons (Fsp3) is 0.833. The molecule has 0 aromatic carbocycles. The highest BCUT2D eigenvalue weighted by atomic mass is 28.4. The molecule has 1 rings (SSSR count). The summed E-state index contributed by atoms with van der Waals surface area (Å²) in [5.41, 5.74) is -0.0940. The summed E-state index contributed by atoms with van der Waals surface area (Å²) in [6, 6.07) is 0. The van der Waals surface area contributed by atoms with Crippen molar-refractivity contribution < 1.29 is 9.22 Å². The smallest absolute Gasteiger partial charge is 0.192 e. The molecule has 0 radical (unpaired) electrons. The fourth-order valence-electron chi connectivity index (χ4n) is 3.19. The minimum atomic E-state index is -1.78. The van der Waals surface area contributed by atoms with Crippen LogP contribution in [0.5, 0.6) is 0 Å². The van der Waals surface area contributed by atoms with Crippen LogP contribution >= 0.6 is 0 Å². The summed E-state index contributed by atoms with van der Waals surface area (Å²) in [6.45, 7) is 22.5. The van der Waals surface area contributed by atoms with Crippen molar-refractivity contribution >= 4 is 14.1 Å². The van der Waals surface area contributed by atoms with Gasteiger partial charge in [0, 0.05) is 24.4 Å². The summed E-state index contributed by atoms with van der Waals surface area (Å²) in [7, 11) is -1.78. The van der Waals surface area contributed by atoms with E-state index in [1.54, 1.807) is 0 Å². The van der Waals surface area contributed by atoms with Crippen LogP contribution in [0.2, 0.25) is 18.1 Å². The van der Waals surface area contributed by atoms with Crippen LogP contribution in [-0.4, -0.2) is 20.7 Å². The maximum Gasteiger partial charge on any atom is 0.192 e. The van der Waals surface area contributed by atoms with Crippen molar-refractivity contribution in [2.24, 2.45) is 23.2 Å². The van der Waals surface area contributed by atoms with Gasteiger partial charge >= 0.3 is 0 Å². The molecule has 0 aromatic rings. The zero-order valence-electron chi connectivity index (χ0n) is 15.2. The SMILES string of the molecule is C=CC1C(C(C)C)C(=O)CC1(C)CO[Si](C)(C)C(C)(C)C. The second kappa shape index (κ2) is 6.00. The molecule has 0 aromatic heterocycles. The molecule has 3 atom stereocenters. The Labute approximate surface area is 132 Å². The van der Waals surface area contributed by atoms with Crippen LogP contribution in [0.15, 0.2) is 12.7 Å². The molecule has 21 heavy (non-hydrogen) atoms. The van der Waals surface area contributed by atoms with Crippen LogP contribution in [0.4, 0.5) is 0 Å². The lowest BCUT2D eigenvalue weighted by Gasteiger charge is -2.40. The van der Waals surface area contributed by atoms with E-state index in [1.807, 2.05) is 6.08 Å². The lowest BCUT2D eigenvalue weighted by molar-refractivity contribution is -0.122. The van der Waals surface area contributed by atoms with E-state index < -0.39 is 8.32 Å². The molecule has 1 saturated carbocycles. The first-order valence-corrected chi connectivity index (χ1v) is 11.1. The van der Waals surface area contributed by atoms with E-state index >= 15 is 0 Å². The highest BCUT2D eigenvalue weighted by molar-refractivity contribution is 6.74. The van der Waals surface area contributed by atoms with Gasteiger partial charge in [0.05, 0.1) is 0 Å². The van der Waals surface area contributed by atoms with Gasteiger partial charge in [-0.3, -0.25) is 4.79 Å². The van der Waals surface area contributed by atoms with Crippen molar-refractivity contribution in [2.45, 2.75) is 66.1 Å². The van der Waals surface area contributed by atoms with Crippen LogP contribution in [0, 0.1) is 23.2 Å². The average molecular weight is 311 g/mol. The Morgan fingerprint density at radius 3 is 2.33 bits per heavy atom. The van der Waals surface area contributed by atoms with Crippen LogP contribution in [0.3, 0.4) is 0 Å². The van der Waals surface area contributed by atoms with Crippen LogP contribution in [0.1, 0.15) is 48.0 Å². The first kappa shape index (κ1) is 18.6. The number of ketones is 1. The number of hydrogen-bond donors (Lipinski definition) is 0. The van der Waals surface area contributed by atoms with E-state index in [0.717, 1.165) is 0 Å². The standard InChI is InChI=1S/C18H34O2Si/c1-10-14-16(13(2)3)15(19)11-18(14,7)12-20-21(8,9)17(4,5)6/h10,13-14,16H,1,11-12H2,2-9H3. The molecule has 0 aliphatic heterocycles. The van der Waals surface area contributed by atoms with Crippen molar-refractivity contribution in [3.05, 3.63) is 12.7 Å². The summed E-state index contributed by atoms with van der Waals surface area (Å²) in [4.78, 5) is 12.4. The van der Waals surface area contributed by atoms with E-state index in [0.29, 0.717) is 24.7 Å². The maximum absolute atomic E-state index is 12.4. The summed E-state index contributed by atoms with van der Waals surface area (Å²) in [5.74, 6) is 1.09. The predicted octanol–water partition coefficient (Wildman–Crippen LogP) is 5.06. The molecule has 1 fully saturated rings. The molecule has 1 aliphatic rings. The van der Waals surface area contributed by atoms with Gasteiger partial charge in [0.15, 0.2) is 8.32 Å². The maximum atomic E-state index is 12.4. The monoisotopic (exact) mass is 310 g/mol. The third-order valence-corrected chi connectivity index (χ3v) is 10.2. The van der Waals surface area contributed by atoms with Gasteiger partial charge in [-0.1, -0.05) is 47.6 Å². The lowest BCUT2D eigenvalue weighted by atomic mass is 9.75. The molecule has 0 amide bonds. The molecule has 3 heteroatoms. The Hall–Kier alpha value is -0.413. The quantitative estimate of drug-likeness (QED) is 0.524. The highest BCUT2D eigenvalue weighted by Crippen LogP contribution is 2.49. The van der Waals surface area contributed by atoms with Crippen molar-refractivity contribution in [2.75, 3.05) is 6.61 Å². The Morgan fingerprint density at radius 1 is 1.43 bits per heavy atom. The zero-order chi connectivity index (χ0) is 16.6. The number of carbonyl (C=O) groups is 1. The molecule has 1 aliphatic carbocycles. The van der Waals surface area contributed by atoms with E-state index in [-0.39, 0.29) is 22.3 Å². The summed E-state index contributed by atoms with van der Waals surface area (Å²) < 4.78 is 6.43. The predicted molar refractivity (Wildman–Crippen MR) is 92.9 cm³/mol. The second-order valence-corrected chi connectivity index (χ2v) is 13.7. The van der Waals surface area contributed by atoms with Crippen LogP contribution < -0.4 is 0 Å². The molecule has 3 unspecified atom stereocenters. The molecule has 122 valence electrons.